The number of benzene rings is 1. The van der Waals surface area contributed by atoms with Crippen molar-refractivity contribution in [2.24, 2.45) is 0 Å². The molecule has 1 saturated heterocycles. The molecule has 5 rings (SSSR count). The number of nitrogens with zero attached hydrogens (tertiary/aromatic N) is 2. The molecule has 3 heterocycles. The number of hydrogen-bond donors (Lipinski definition) is 1. The highest BCUT2D eigenvalue weighted by Crippen LogP contribution is 2.49. The summed E-state index contributed by atoms with van der Waals surface area (Å²) in [5.41, 5.74) is 2.74. The van der Waals surface area contributed by atoms with Gasteiger partial charge in [-0.25, -0.2) is 0 Å². The molecule has 1 saturated carbocycles. The quantitative estimate of drug-likeness (QED) is 0.815. The summed E-state index contributed by atoms with van der Waals surface area (Å²) >= 11 is 0. The first-order valence-electron chi connectivity index (χ1n) is 11.0. The predicted molar refractivity (Wildman–Crippen MR) is 115 cm³/mol. The van der Waals surface area contributed by atoms with Crippen molar-refractivity contribution in [3.63, 3.8) is 0 Å². The number of anilines is 1. The minimum atomic E-state index is -0.469. The van der Waals surface area contributed by atoms with Crippen molar-refractivity contribution in [2.45, 2.75) is 56.6 Å². The van der Waals surface area contributed by atoms with Gasteiger partial charge in [0, 0.05) is 30.7 Å². The Morgan fingerprint density at radius 1 is 1.13 bits per heavy atom. The van der Waals surface area contributed by atoms with Crippen LogP contribution in [0.2, 0.25) is 0 Å². The molecule has 1 spiro atoms. The Balaban J connectivity index is 1.36. The van der Waals surface area contributed by atoms with Gasteiger partial charge in [0.15, 0.2) is 11.5 Å². The molecule has 2 fully saturated rings. The zero-order valence-corrected chi connectivity index (χ0v) is 17.5. The van der Waals surface area contributed by atoms with Crippen molar-refractivity contribution >= 4 is 11.6 Å². The molecule has 1 N–H and O–H groups in total. The summed E-state index contributed by atoms with van der Waals surface area (Å²) in [6.45, 7) is 2.67. The van der Waals surface area contributed by atoms with Crippen molar-refractivity contribution in [3.8, 4) is 11.5 Å². The molecule has 1 aromatic carbocycles. The van der Waals surface area contributed by atoms with Gasteiger partial charge in [-0.05, 0) is 80.9 Å². The Hall–Kier alpha value is -2.60. The van der Waals surface area contributed by atoms with E-state index in [-0.39, 0.29) is 12.0 Å². The fourth-order valence-corrected chi connectivity index (χ4v) is 5.20. The van der Waals surface area contributed by atoms with Crippen LogP contribution in [0.15, 0.2) is 36.7 Å². The first-order chi connectivity index (χ1) is 14.7. The minimum absolute atomic E-state index is 0.112. The number of fused-ring (bicyclic) bond motifs is 2. The van der Waals surface area contributed by atoms with Crippen LogP contribution >= 0.6 is 0 Å². The predicted octanol–water partition coefficient (Wildman–Crippen LogP) is 3.90. The summed E-state index contributed by atoms with van der Waals surface area (Å²) in [5, 5.41) is 3.14. The van der Waals surface area contributed by atoms with Gasteiger partial charge in [-0.15, -0.1) is 0 Å². The summed E-state index contributed by atoms with van der Waals surface area (Å²) in [6, 6.07) is 8.12. The van der Waals surface area contributed by atoms with Crippen LogP contribution in [0.3, 0.4) is 0 Å². The van der Waals surface area contributed by atoms with Crippen LogP contribution in [0.1, 0.15) is 49.7 Å². The number of amides is 1. The van der Waals surface area contributed by atoms with Crippen LogP contribution < -0.4 is 14.8 Å². The van der Waals surface area contributed by atoms with Gasteiger partial charge in [-0.1, -0.05) is 0 Å². The molecule has 1 aromatic heterocycles. The van der Waals surface area contributed by atoms with Gasteiger partial charge in [0.25, 0.3) is 0 Å². The van der Waals surface area contributed by atoms with E-state index in [4.69, 9.17) is 9.47 Å². The summed E-state index contributed by atoms with van der Waals surface area (Å²) in [4.78, 5) is 19.6. The van der Waals surface area contributed by atoms with E-state index in [1.54, 1.807) is 7.11 Å². The van der Waals surface area contributed by atoms with Gasteiger partial charge in [0.2, 0.25) is 5.91 Å². The molecule has 0 atom stereocenters. The summed E-state index contributed by atoms with van der Waals surface area (Å²) < 4.78 is 11.9. The molecule has 1 aliphatic carbocycles. The second-order valence-corrected chi connectivity index (χ2v) is 8.74. The number of pyridine rings is 1. The van der Waals surface area contributed by atoms with Gasteiger partial charge in [-0.2, -0.15) is 0 Å². The number of hydrogen-bond acceptors (Lipinski definition) is 5. The van der Waals surface area contributed by atoms with E-state index in [1.165, 1.54) is 18.4 Å². The maximum absolute atomic E-state index is 13.1. The monoisotopic (exact) mass is 407 g/mol. The van der Waals surface area contributed by atoms with Crippen molar-refractivity contribution < 1.29 is 14.3 Å². The third-order valence-corrected chi connectivity index (χ3v) is 6.96. The number of methoxy groups -OCH3 is 1. The molecule has 158 valence electrons. The zero-order valence-electron chi connectivity index (χ0n) is 17.5. The van der Waals surface area contributed by atoms with Crippen molar-refractivity contribution in [2.75, 3.05) is 25.5 Å². The van der Waals surface area contributed by atoms with E-state index in [2.05, 4.69) is 27.3 Å². The van der Waals surface area contributed by atoms with Crippen LogP contribution in [0.25, 0.3) is 0 Å². The van der Waals surface area contributed by atoms with Crippen molar-refractivity contribution in [3.05, 3.63) is 47.8 Å². The van der Waals surface area contributed by atoms with E-state index in [1.807, 2.05) is 24.5 Å². The number of rotatable bonds is 5. The maximum Gasteiger partial charge on any atom is 0.235 e. The lowest BCUT2D eigenvalue weighted by atomic mass is 9.73. The van der Waals surface area contributed by atoms with Gasteiger partial charge in [-0.3, -0.25) is 14.7 Å². The van der Waals surface area contributed by atoms with Crippen molar-refractivity contribution in [1.29, 1.82) is 0 Å². The summed E-state index contributed by atoms with van der Waals surface area (Å²) in [5.74, 6) is 1.59. The number of likely N-dealkylation sites (tertiary alicyclic amines) is 1. The minimum Gasteiger partial charge on any atom is -0.493 e. The van der Waals surface area contributed by atoms with E-state index >= 15 is 0 Å². The smallest absolute Gasteiger partial charge is 0.235 e. The SMILES string of the molecule is COc1cc2c(cc1OC1CCCC1)NC(=O)C21CCN(Cc2ccncc2)CC1. The Labute approximate surface area is 177 Å². The number of carbonyl (C=O) groups excluding carboxylic acids is 1. The molecule has 0 bridgehead atoms. The van der Waals surface area contributed by atoms with Gasteiger partial charge >= 0.3 is 0 Å². The Morgan fingerprint density at radius 3 is 2.57 bits per heavy atom. The summed E-state index contributed by atoms with van der Waals surface area (Å²) in [7, 11) is 1.68. The highest BCUT2D eigenvalue weighted by Gasteiger charge is 2.49. The number of ether oxygens (including phenoxy) is 2. The van der Waals surface area contributed by atoms with E-state index < -0.39 is 5.41 Å². The fraction of sp³-hybridized carbons (Fsp3) is 0.500. The largest absolute Gasteiger partial charge is 0.493 e. The number of aromatic nitrogens is 1. The Morgan fingerprint density at radius 2 is 1.87 bits per heavy atom. The zero-order chi connectivity index (χ0) is 20.6. The second kappa shape index (κ2) is 7.91. The maximum atomic E-state index is 13.1. The lowest BCUT2D eigenvalue weighted by molar-refractivity contribution is -0.122. The van der Waals surface area contributed by atoms with Crippen LogP contribution in [-0.2, 0) is 16.8 Å². The van der Waals surface area contributed by atoms with E-state index in [0.29, 0.717) is 0 Å². The molecule has 0 unspecified atom stereocenters. The highest BCUT2D eigenvalue weighted by atomic mass is 16.5. The van der Waals surface area contributed by atoms with Crippen LogP contribution in [-0.4, -0.2) is 42.1 Å². The third-order valence-electron chi connectivity index (χ3n) is 6.96. The molecule has 3 aliphatic rings. The van der Waals surface area contributed by atoms with Crippen LogP contribution in [0.5, 0.6) is 11.5 Å². The topological polar surface area (TPSA) is 63.7 Å². The fourth-order valence-electron chi connectivity index (χ4n) is 5.20. The highest BCUT2D eigenvalue weighted by molar-refractivity contribution is 6.06. The second-order valence-electron chi connectivity index (χ2n) is 8.74. The molecule has 2 aliphatic heterocycles. The van der Waals surface area contributed by atoms with E-state index in [0.717, 1.165) is 68.1 Å². The lowest BCUT2D eigenvalue weighted by Gasteiger charge is -2.38. The van der Waals surface area contributed by atoms with E-state index in [9.17, 15) is 4.79 Å². The number of nitrogens with one attached hydrogen (secondary N) is 1. The Kier molecular flexibility index (Phi) is 5.11. The average molecular weight is 408 g/mol. The van der Waals surface area contributed by atoms with Crippen molar-refractivity contribution in [1.82, 2.24) is 9.88 Å². The number of piperidine rings is 1. The standard InChI is InChI=1S/C24H29N3O3/c1-29-21-14-19-20(15-22(21)30-18-4-2-3-5-18)26-23(28)24(19)8-12-27(13-9-24)16-17-6-10-25-11-7-17/h6-7,10-11,14-15,18H,2-5,8-9,12-13,16H2,1H3,(H,26,28). The number of carbonyl (C=O) groups is 1. The molecule has 30 heavy (non-hydrogen) atoms. The molecule has 6 nitrogen and oxygen atoms in total. The molecule has 2 aromatic rings. The lowest BCUT2D eigenvalue weighted by Crippen LogP contribution is -2.46. The third kappa shape index (κ3) is 3.43. The Bertz CT molecular complexity index is 917. The van der Waals surface area contributed by atoms with Gasteiger partial charge in [0.1, 0.15) is 0 Å². The molecule has 1 amide bonds. The normalized spacial score (nSPS) is 20.9. The first-order valence-corrected chi connectivity index (χ1v) is 11.0. The van der Waals surface area contributed by atoms with Gasteiger partial charge < -0.3 is 14.8 Å². The summed E-state index contributed by atoms with van der Waals surface area (Å²) in [6.07, 6.45) is 10.1. The molecule has 6 heteroatoms. The van der Waals surface area contributed by atoms with Gasteiger partial charge in [0.05, 0.1) is 18.6 Å². The molecular weight excluding hydrogens is 378 g/mol. The van der Waals surface area contributed by atoms with Crippen LogP contribution in [0, 0.1) is 0 Å². The molecule has 0 radical (unpaired) electrons. The molecular formula is C24H29N3O3. The average Bonchev–Trinajstić information content (AvgIpc) is 3.37. The first kappa shape index (κ1) is 19.4. The van der Waals surface area contributed by atoms with Crippen LogP contribution in [0.4, 0.5) is 5.69 Å².